The number of benzodiazepines with no additional fused rings is 3. The number of aliphatic hydroxyl groups excluding tert-OH is 1. The summed E-state index contributed by atoms with van der Waals surface area (Å²) in [7, 11) is 3.41. The Bertz CT molecular complexity index is 5720. The number of hydrogen-bond donors (Lipinski definition) is 7. The van der Waals surface area contributed by atoms with Crippen molar-refractivity contribution in [1.29, 1.82) is 0 Å². The van der Waals surface area contributed by atoms with Gasteiger partial charge in [-0.3, -0.25) is 43.1 Å². The predicted octanol–water partition coefficient (Wildman–Crippen LogP) is 13.9. The van der Waals surface area contributed by atoms with Crippen LogP contribution in [0.1, 0.15) is 91.9 Å². The quantitative estimate of drug-likeness (QED) is 0.0587. The Balaban J connectivity index is 0.000000131. The molecule has 520 valence electrons. The van der Waals surface area contributed by atoms with Crippen molar-refractivity contribution >= 4 is 131 Å². The lowest BCUT2D eigenvalue weighted by atomic mass is 9.99. The molecule has 19 nitrogen and oxygen atoms in total. The van der Waals surface area contributed by atoms with Crippen LogP contribution in [0, 0.1) is 19.7 Å². The van der Waals surface area contributed by atoms with Crippen molar-refractivity contribution in [3.05, 3.63) is 294 Å². The molecule has 7 N–H and O–H groups in total. The molecule has 0 saturated heterocycles. The number of fused-ring (bicyclic) bond motifs is 6. The minimum Gasteiger partial charge on any atom is -0.396 e. The first-order chi connectivity index (χ1) is 49.6. The summed E-state index contributed by atoms with van der Waals surface area (Å²) in [6, 6.07) is 49.6. The van der Waals surface area contributed by atoms with E-state index >= 15 is 0 Å². The molecule has 3 atom stereocenters. The summed E-state index contributed by atoms with van der Waals surface area (Å²) in [5.74, 6) is -0.400. The minimum absolute atomic E-state index is 0.0194. The lowest BCUT2D eigenvalue weighted by molar-refractivity contribution is -0.118. The van der Waals surface area contributed by atoms with Crippen molar-refractivity contribution in [3.8, 4) is 0 Å². The monoisotopic (exact) mass is 1450 g/mol. The number of H-pyrrole nitrogens is 3. The molecule has 12 aromatic rings. The van der Waals surface area contributed by atoms with Crippen molar-refractivity contribution in [3.63, 3.8) is 0 Å². The fourth-order valence-electron chi connectivity index (χ4n) is 13.2. The summed E-state index contributed by atoms with van der Waals surface area (Å²) in [5, 5.41) is 20.3. The van der Waals surface area contributed by atoms with Gasteiger partial charge in [0, 0.05) is 100.0 Å². The zero-order valence-corrected chi connectivity index (χ0v) is 59.1. The summed E-state index contributed by atoms with van der Waals surface area (Å²) in [6.45, 7) is 4.13. The van der Waals surface area contributed by atoms with Gasteiger partial charge in [-0.2, -0.15) is 0 Å². The first kappa shape index (κ1) is 69.4. The number of nitrogens with one attached hydrogen (secondary N) is 6. The number of imidazole rings is 3. The van der Waals surface area contributed by atoms with E-state index in [0.29, 0.717) is 130 Å². The number of aliphatic imine (C=N–C) groups is 3. The van der Waals surface area contributed by atoms with E-state index in [1.54, 1.807) is 77.8 Å². The first-order valence-corrected chi connectivity index (χ1v) is 35.0. The fraction of sp³-hybridized carbons (Fsp3) is 0.203. The van der Waals surface area contributed by atoms with Gasteiger partial charge in [-0.25, -0.2) is 18.8 Å². The molecule has 1 saturated carbocycles. The molecule has 1 aliphatic carbocycles. The number of aromatic nitrogens is 6. The van der Waals surface area contributed by atoms with Gasteiger partial charge in [0.05, 0.1) is 67.3 Å². The molecular weight excluding hydrogens is 1390 g/mol. The van der Waals surface area contributed by atoms with Crippen LogP contribution in [0.15, 0.2) is 199 Å². The first-order valence-electron chi connectivity index (χ1n) is 33.5. The van der Waals surface area contributed by atoms with Crippen LogP contribution in [0.4, 0.5) is 21.5 Å². The van der Waals surface area contributed by atoms with E-state index in [0.717, 1.165) is 50.0 Å². The summed E-state index contributed by atoms with van der Waals surface area (Å²) < 4.78 is 19.2. The van der Waals surface area contributed by atoms with Gasteiger partial charge < -0.3 is 36.0 Å². The Hall–Kier alpha value is -10.7. The maximum atomic E-state index is 14.6. The van der Waals surface area contributed by atoms with E-state index in [-0.39, 0.29) is 53.6 Å². The van der Waals surface area contributed by atoms with E-state index in [2.05, 4.69) is 55.2 Å². The van der Waals surface area contributed by atoms with Crippen LogP contribution in [-0.2, 0) is 54.3 Å². The molecule has 1 fully saturated rings. The third-order valence-corrected chi connectivity index (χ3v) is 20.0. The molecule has 4 aliphatic rings. The van der Waals surface area contributed by atoms with Crippen LogP contribution in [-0.4, -0.2) is 93.3 Å². The zero-order valence-electron chi connectivity index (χ0n) is 56.1. The Labute approximate surface area is 608 Å². The third kappa shape index (κ3) is 14.7. The summed E-state index contributed by atoms with van der Waals surface area (Å²) >= 11 is 25.4. The summed E-state index contributed by atoms with van der Waals surface area (Å²) in [4.78, 5) is 99.3. The highest BCUT2D eigenvalue weighted by atomic mass is 35.5. The van der Waals surface area contributed by atoms with Crippen LogP contribution >= 0.6 is 46.4 Å². The topological polar surface area (TPSA) is 258 Å². The molecule has 3 unspecified atom stereocenters. The summed E-state index contributed by atoms with van der Waals surface area (Å²) in [5.41, 5.74) is 17.2. The third-order valence-electron chi connectivity index (χ3n) is 18.9. The molecular formula is C79H67Cl4FN12O7. The van der Waals surface area contributed by atoms with Crippen LogP contribution in [0.2, 0.25) is 20.1 Å². The van der Waals surface area contributed by atoms with Crippen LogP contribution in [0.5, 0.6) is 0 Å². The number of hydrogen-bond acceptors (Lipinski definition) is 10. The van der Waals surface area contributed by atoms with Crippen LogP contribution < -0.4 is 33.0 Å². The zero-order chi connectivity index (χ0) is 72.1. The van der Waals surface area contributed by atoms with Gasteiger partial charge in [-0.15, -0.1) is 0 Å². The molecule has 24 heteroatoms. The Morgan fingerprint density at radius 1 is 0.466 bits per heavy atom. The van der Waals surface area contributed by atoms with Gasteiger partial charge in [0.15, 0.2) is 0 Å². The van der Waals surface area contributed by atoms with Crippen molar-refractivity contribution < 1.29 is 23.9 Å². The molecule has 3 amide bonds. The van der Waals surface area contributed by atoms with E-state index in [4.69, 9.17) is 61.4 Å². The van der Waals surface area contributed by atoms with E-state index < -0.39 is 18.1 Å². The highest BCUT2D eigenvalue weighted by Crippen LogP contribution is 2.40. The highest BCUT2D eigenvalue weighted by molar-refractivity contribution is 6.34. The van der Waals surface area contributed by atoms with Gasteiger partial charge in [0.1, 0.15) is 23.9 Å². The number of carbonyl (C=O) groups excluding carboxylic acids is 3. The minimum atomic E-state index is -0.853. The molecule has 6 heterocycles. The lowest BCUT2D eigenvalue weighted by Crippen LogP contribution is -2.28. The largest absolute Gasteiger partial charge is 0.396 e. The molecule has 9 aromatic carbocycles. The van der Waals surface area contributed by atoms with Gasteiger partial charge in [0.2, 0.25) is 17.7 Å². The predicted molar refractivity (Wildman–Crippen MR) is 407 cm³/mol. The number of anilines is 3. The molecule has 0 spiro atoms. The second-order valence-electron chi connectivity index (χ2n) is 26.2. The smallest absolute Gasteiger partial charge is 0.326 e. The molecule has 103 heavy (non-hydrogen) atoms. The van der Waals surface area contributed by atoms with Crippen molar-refractivity contribution in [1.82, 2.24) is 28.7 Å². The van der Waals surface area contributed by atoms with Crippen LogP contribution in [0.25, 0.3) is 33.1 Å². The number of rotatable bonds is 13. The molecule has 16 rings (SSSR count). The number of halogens is 5. The number of carbonyl (C=O) groups is 3. The number of aryl methyl sites for hydroxylation is 5. The maximum Gasteiger partial charge on any atom is 0.326 e. The summed E-state index contributed by atoms with van der Waals surface area (Å²) in [6.07, 6.45) is 3.89. The second-order valence-corrected chi connectivity index (χ2v) is 27.9. The Morgan fingerprint density at radius 3 is 1.33 bits per heavy atom. The molecule has 0 bridgehead atoms. The Kier molecular flexibility index (Phi) is 19.5. The average molecular weight is 1460 g/mol. The molecule has 0 radical (unpaired) electrons. The highest BCUT2D eigenvalue weighted by Gasteiger charge is 2.32. The molecule has 3 aliphatic heterocycles. The van der Waals surface area contributed by atoms with E-state index in [1.807, 2.05) is 98.8 Å². The van der Waals surface area contributed by atoms with Gasteiger partial charge in [-0.05, 0) is 176 Å². The number of aromatic amines is 3. The van der Waals surface area contributed by atoms with Crippen molar-refractivity contribution in [2.75, 3.05) is 22.6 Å². The average Bonchev–Trinajstić information content (AvgIpc) is 1.68. The van der Waals surface area contributed by atoms with Crippen molar-refractivity contribution in [2.24, 2.45) is 29.1 Å². The number of aliphatic hydroxyl groups is 1. The van der Waals surface area contributed by atoms with Crippen molar-refractivity contribution in [2.45, 2.75) is 83.0 Å². The number of amides is 3. The number of nitrogens with zero attached hydrogens (tertiary/aromatic N) is 6. The van der Waals surface area contributed by atoms with Gasteiger partial charge in [-0.1, -0.05) is 113 Å². The second kappa shape index (κ2) is 28.9. The Morgan fingerprint density at radius 2 is 0.883 bits per heavy atom. The van der Waals surface area contributed by atoms with Gasteiger partial charge >= 0.3 is 17.1 Å². The van der Waals surface area contributed by atoms with E-state index in [9.17, 15) is 38.3 Å². The SMILES string of the molecule is Cc1ccc(CC2N=C(c3ccc4[nH]c(=O)n(C)c4c3)c3cc(Cl)ccc3NC2=O)c(F)c1.Cc1ccc(CC2N=C(c3ccc4[nH]c(=O)n(CCCO)c4c3)c3cc(Cl)ccc3NC2=O)c(Cl)c1.Cn1c(=O)[nH]c2ccc(C3=NC(Cc4ccc(C5CC5)cc4)C(=O)Nc4ccc(Cl)cc43)cc21. The maximum absolute atomic E-state index is 14.6. The van der Waals surface area contributed by atoms with Crippen LogP contribution in [0.3, 0.4) is 0 Å². The van der Waals surface area contributed by atoms with Gasteiger partial charge in [0.25, 0.3) is 0 Å². The molecule has 3 aromatic heterocycles. The lowest BCUT2D eigenvalue weighted by Gasteiger charge is -2.13. The normalized spacial score (nSPS) is 16.3. The van der Waals surface area contributed by atoms with E-state index in [1.165, 1.54) is 29.0 Å². The standard InChI is InChI=1S/C27H24Cl2N4O3.C27H23ClN4O2.C25H20ClFN4O2/c1-15-3-4-16(20(29)11-15)12-23-26(35)31-21-8-6-18(28)14-19(21)25(30-23)17-5-7-22-24(13-17)33(9-2-10-34)27(36)32-22;1-32-24-13-18(8-10-22(24)31-27(32)34)25-20-14-19(28)9-11-21(20)30-26(33)23(29-25)12-15-2-4-16(5-3-15)17-6-7-17;1-13-3-4-14(18(27)9-13)10-21-24(32)29-19-8-6-16(26)12-17(19)23(28-21)15-5-7-20-22(11-15)31(2)25(33)30-20/h3-8,11,13-14,23,34H,2,9-10,12H2,1H3,(H,31,35)(H,32,36);2-5,8-11,13-14,17,23H,6-7,12H2,1H3,(H,30,33)(H,31,34);3-9,11-12,21H,10H2,1-2H3,(H,29,32)(H,30,33). The number of benzene rings is 9. The fourth-order valence-corrected chi connectivity index (χ4v) is 14.0.